The summed E-state index contributed by atoms with van der Waals surface area (Å²) in [6, 6.07) is 2.09. The van der Waals surface area contributed by atoms with E-state index in [9.17, 15) is 4.79 Å². The lowest BCUT2D eigenvalue weighted by molar-refractivity contribution is -0.131. The van der Waals surface area contributed by atoms with Gasteiger partial charge in [-0.05, 0) is 38.5 Å². The molecule has 6 nitrogen and oxygen atoms in total. The molecule has 0 spiro atoms. The lowest BCUT2D eigenvalue weighted by atomic mass is 10.2. The number of piperazine rings is 1. The van der Waals surface area contributed by atoms with Crippen LogP contribution in [0.15, 0.2) is 6.07 Å². The van der Waals surface area contributed by atoms with Crippen molar-refractivity contribution in [3.63, 3.8) is 0 Å². The van der Waals surface area contributed by atoms with Gasteiger partial charge in [0, 0.05) is 57.4 Å². The Balaban J connectivity index is 1.40. The molecule has 24 heavy (non-hydrogen) atoms. The second-order valence-corrected chi connectivity index (χ2v) is 7.38. The Hall–Kier alpha value is -1.85. The topological polar surface area (TPSA) is 52.6 Å². The van der Waals surface area contributed by atoms with Crippen LogP contribution in [0.4, 0.5) is 11.8 Å². The number of carbonyl (C=O) groups is 1. The first-order chi connectivity index (χ1) is 11.7. The van der Waals surface area contributed by atoms with E-state index in [1.807, 2.05) is 11.8 Å². The van der Waals surface area contributed by atoms with Crippen LogP contribution in [0, 0.1) is 12.8 Å². The summed E-state index contributed by atoms with van der Waals surface area (Å²) in [6.07, 6.45) is 5.73. The molecule has 0 bridgehead atoms. The maximum absolute atomic E-state index is 12.2. The van der Waals surface area contributed by atoms with E-state index in [1.165, 1.54) is 25.7 Å². The Kier molecular flexibility index (Phi) is 4.29. The molecular weight excluding hydrogens is 302 g/mol. The summed E-state index contributed by atoms with van der Waals surface area (Å²) in [7, 11) is 0. The molecule has 130 valence electrons. The molecule has 0 aromatic carbocycles. The quantitative estimate of drug-likeness (QED) is 0.843. The van der Waals surface area contributed by atoms with E-state index in [4.69, 9.17) is 4.98 Å². The summed E-state index contributed by atoms with van der Waals surface area (Å²) in [5, 5.41) is 0. The fraction of sp³-hybridized carbons (Fsp3) is 0.722. The van der Waals surface area contributed by atoms with Gasteiger partial charge in [-0.2, -0.15) is 4.98 Å². The number of anilines is 2. The van der Waals surface area contributed by atoms with Crippen molar-refractivity contribution in [1.29, 1.82) is 0 Å². The molecule has 1 saturated carbocycles. The molecule has 4 rings (SSSR count). The van der Waals surface area contributed by atoms with Crippen molar-refractivity contribution in [3.8, 4) is 0 Å². The molecule has 0 unspecified atom stereocenters. The minimum atomic E-state index is 0.333. The minimum absolute atomic E-state index is 0.333. The van der Waals surface area contributed by atoms with Gasteiger partial charge in [-0.1, -0.05) is 0 Å². The first-order valence-electron chi connectivity index (χ1n) is 9.32. The summed E-state index contributed by atoms with van der Waals surface area (Å²) in [6.45, 7) is 7.49. The first kappa shape index (κ1) is 15.7. The summed E-state index contributed by atoms with van der Waals surface area (Å²) in [4.78, 5) is 28.3. The average molecular weight is 329 g/mol. The van der Waals surface area contributed by atoms with Gasteiger partial charge < -0.3 is 14.7 Å². The fourth-order valence-corrected chi connectivity index (χ4v) is 3.64. The van der Waals surface area contributed by atoms with E-state index >= 15 is 0 Å². The third kappa shape index (κ3) is 3.47. The van der Waals surface area contributed by atoms with Crippen LogP contribution in [0.25, 0.3) is 0 Å². The van der Waals surface area contributed by atoms with Crippen LogP contribution >= 0.6 is 0 Å². The number of aromatic nitrogens is 2. The SMILES string of the molecule is Cc1cc(N2CCCC2)nc(N2CCN(C(=O)CC3CC3)CC2)n1. The molecule has 6 heteroatoms. The molecule has 1 aliphatic carbocycles. The van der Waals surface area contributed by atoms with E-state index in [-0.39, 0.29) is 0 Å². The Morgan fingerprint density at radius 3 is 2.42 bits per heavy atom. The lowest BCUT2D eigenvalue weighted by Gasteiger charge is -2.35. The zero-order chi connectivity index (χ0) is 16.5. The van der Waals surface area contributed by atoms with Crippen LogP contribution in [0.3, 0.4) is 0 Å². The van der Waals surface area contributed by atoms with Crippen molar-refractivity contribution < 1.29 is 4.79 Å². The summed E-state index contributed by atoms with van der Waals surface area (Å²) in [5.74, 6) is 2.88. The van der Waals surface area contributed by atoms with E-state index in [0.717, 1.165) is 63.1 Å². The van der Waals surface area contributed by atoms with Crippen molar-refractivity contribution in [2.45, 2.75) is 39.0 Å². The highest BCUT2D eigenvalue weighted by Gasteiger charge is 2.29. The van der Waals surface area contributed by atoms with Gasteiger partial charge >= 0.3 is 0 Å². The third-order valence-electron chi connectivity index (χ3n) is 5.33. The number of amides is 1. The number of hydrogen-bond acceptors (Lipinski definition) is 5. The van der Waals surface area contributed by atoms with Crippen LogP contribution in [0.5, 0.6) is 0 Å². The zero-order valence-electron chi connectivity index (χ0n) is 14.6. The molecule has 1 aromatic heterocycles. The van der Waals surface area contributed by atoms with Gasteiger partial charge in [0.05, 0.1) is 0 Å². The van der Waals surface area contributed by atoms with Gasteiger partial charge in [-0.15, -0.1) is 0 Å². The van der Waals surface area contributed by atoms with Gasteiger partial charge in [0.1, 0.15) is 5.82 Å². The number of nitrogens with zero attached hydrogens (tertiary/aromatic N) is 5. The normalized spacial score (nSPS) is 21.5. The monoisotopic (exact) mass is 329 g/mol. The van der Waals surface area contributed by atoms with Crippen LogP contribution in [0.1, 0.15) is 37.8 Å². The van der Waals surface area contributed by atoms with Crippen molar-refractivity contribution in [1.82, 2.24) is 14.9 Å². The van der Waals surface area contributed by atoms with Crippen molar-refractivity contribution >= 4 is 17.7 Å². The van der Waals surface area contributed by atoms with E-state index in [1.54, 1.807) is 0 Å². The summed E-state index contributed by atoms with van der Waals surface area (Å²) in [5.41, 5.74) is 1.02. The molecule has 0 radical (unpaired) electrons. The highest BCUT2D eigenvalue weighted by atomic mass is 16.2. The predicted molar refractivity (Wildman–Crippen MR) is 94.4 cm³/mol. The number of hydrogen-bond donors (Lipinski definition) is 0. The fourth-order valence-electron chi connectivity index (χ4n) is 3.64. The van der Waals surface area contributed by atoms with Gasteiger partial charge in [0.2, 0.25) is 11.9 Å². The standard InChI is InChI=1S/C18H27N5O/c1-14-12-16(21-6-2-3-7-21)20-18(19-14)23-10-8-22(9-11-23)17(24)13-15-4-5-15/h12,15H,2-11,13H2,1H3. The molecule has 1 aromatic rings. The van der Waals surface area contributed by atoms with Gasteiger partial charge in [-0.25, -0.2) is 4.98 Å². The first-order valence-corrected chi connectivity index (χ1v) is 9.32. The molecule has 0 N–H and O–H groups in total. The number of rotatable bonds is 4. The Morgan fingerprint density at radius 2 is 1.75 bits per heavy atom. The number of carbonyl (C=O) groups excluding carboxylic acids is 1. The third-order valence-corrected chi connectivity index (χ3v) is 5.33. The van der Waals surface area contributed by atoms with Crippen LogP contribution in [-0.2, 0) is 4.79 Å². The van der Waals surface area contributed by atoms with Gasteiger partial charge in [-0.3, -0.25) is 4.79 Å². The molecule has 2 aliphatic heterocycles. The van der Waals surface area contributed by atoms with Crippen LogP contribution in [0.2, 0.25) is 0 Å². The highest BCUT2D eigenvalue weighted by Crippen LogP contribution is 2.33. The Morgan fingerprint density at radius 1 is 1.04 bits per heavy atom. The van der Waals surface area contributed by atoms with Crippen molar-refractivity contribution in [3.05, 3.63) is 11.8 Å². The lowest BCUT2D eigenvalue weighted by Crippen LogP contribution is -2.49. The minimum Gasteiger partial charge on any atom is -0.356 e. The molecule has 1 amide bonds. The van der Waals surface area contributed by atoms with Gasteiger partial charge in [0.25, 0.3) is 0 Å². The molecule has 2 saturated heterocycles. The molecule has 3 aliphatic rings. The highest BCUT2D eigenvalue weighted by molar-refractivity contribution is 5.77. The average Bonchev–Trinajstić information content (AvgIpc) is 3.23. The van der Waals surface area contributed by atoms with E-state index in [0.29, 0.717) is 11.8 Å². The molecule has 3 fully saturated rings. The Labute approximate surface area is 143 Å². The maximum atomic E-state index is 12.2. The Bertz CT molecular complexity index is 601. The molecule has 3 heterocycles. The smallest absolute Gasteiger partial charge is 0.227 e. The predicted octanol–water partition coefficient (Wildman–Crippen LogP) is 1.83. The number of aryl methyl sites for hydroxylation is 1. The molecular formula is C18H27N5O. The van der Waals surface area contributed by atoms with Crippen LogP contribution < -0.4 is 9.80 Å². The second-order valence-electron chi connectivity index (χ2n) is 7.38. The summed E-state index contributed by atoms with van der Waals surface area (Å²) >= 11 is 0. The van der Waals surface area contributed by atoms with E-state index < -0.39 is 0 Å². The maximum Gasteiger partial charge on any atom is 0.227 e. The van der Waals surface area contributed by atoms with Crippen LogP contribution in [-0.4, -0.2) is 60.0 Å². The van der Waals surface area contributed by atoms with E-state index in [2.05, 4.69) is 20.9 Å². The largest absolute Gasteiger partial charge is 0.356 e. The zero-order valence-corrected chi connectivity index (χ0v) is 14.6. The van der Waals surface area contributed by atoms with Crippen molar-refractivity contribution in [2.24, 2.45) is 5.92 Å². The van der Waals surface area contributed by atoms with Crippen molar-refractivity contribution in [2.75, 3.05) is 49.1 Å². The second kappa shape index (κ2) is 6.57. The molecule has 0 atom stereocenters. The summed E-state index contributed by atoms with van der Waals surface area (Å²) < 4.78 is 0. The van der Waals surface area contributed by atoms with Gasteiger partial charge in [0.15, 0.2) is 0 Å².